The number of hydrogen-bond donors (Lipinski definition) is 0. The molecule has 3 heteroatoms. The fourth-order valence-corrected chi connectivity index (χ4v) is 2.75. The number of hydrogen-bond acceptors (Lipinski definition) is 2. The van der Waals surface area contributed by atoms with Gasteiger partial charge in [-0.05, 0) is 18.5 Å². The van der Waals surface area contributed by atoms with Crippen LogP contribution in [0.25, 0.3) is 0 Å². The predicted molar refractivity (Wildman–Crippen MR) is 49.8 cm³/mol. The summed E-state index contributed by atoms with van der Waals surface area (Å²) in [4.78, 5) is 0. The van der Waals surface area contributed by atoms with Crippen molar-refractivity contribution in [3.05, 3.63) is 12.7 Å². The van der Waals surface area contributed by atoms with E-state index in [1.807, 2.05) is 6.08 Å². The van der Waals surface area contributed by atoms with Crippen LogP contribution in [0.1, 0.15) is 6.92 Å². The van der Waals surface area contributed by atoms with Crippen LogP contribution in [0.5, 0.6) is 0 Å². The molecule has 0 N–H and O–H groups in total. The summed E-state index contributed by atoms with van der Waals surface area (Å²) < 4.78 is 10.7. The fourth-order valence-electron chi connectivity index (χ4n) is 0.918. The molecule has 0 aromatic carbocycles. The third kappa shape index (κ3) is 3.70. The SMILES string of the molecule is C=CC(C)C[Si](C)(OC)OC. The minimum Gasteiger partial charge on any atom is -0.398 e. The molecular weight excluding hydrogens is 156 g/mol. The summed E-state index contributed by atoms with van der Waals surface area (Å²) in [6.45, 7) is 7.91. The Morgan fingerprint density at radius 3 is 2.18 bits per heavy atom. The molecule has 2 nitrogen and oxygen atoms in total. The number of rotatable bonds is 5. The van der Waals surface area contributed by atoms with Gasteiger partial charge in [0, 0.05) is 14.2 Å². The zero-order valence-electron chi connectivity index (χ0n) is 7.89. The Morgan fingerprint density at radius 2 is 1.91 bits per heavy atom. The summed E-state index contributed by atoms with van der Waals surface area (Å²) in [5.41, 5.74) is 0. The van der Waals surface area contributed by atoms with Gasteiger partial charge >= 0.3 is 8.56 Å². The zero-order chi connectivity index (χ0) is 8.91. The molecule has 0 aliphatic heterocycles. The molecule has 0 spiro atoms. The summed E-state index contributed by atoms with van der Waals surface area (Å²) in [6.07, 6.45) is 1.93. The smallest absolute Gasteiger partial charge is 0.334 e. The lowest BCUT2D eigenvalue weighted by Gasteiger charge is -2.24. The normalized spacial score (nSPS) is 14.5. The van der Waals surface area contributed by atoms with Crippen molar-refractivity contribution in [2.75, 3.05) is 14.2 Å². The molecule has 1 unspecified atom stereocenters. The maximum Gasteiger partial charge on any atom is 0.334 e. The Morgan fingerprint density at radius 1 is 1.45 bits per heavy atom. The summed E-state index contributed by atoms with van der Waals surface area (Å²) in [6, 6.07) is 0.976. The van der Waals surface area contributed by atoms with Gasteiger partial charge in [-0.2, -0.15) is 0 Å². The quantitative estimate of drug-likeness (QED) is 0.470. The number of allylic oxidation sites excluding steroid dienone is 1. The monoisotopic (exact) mass is 174 g/mol. The summed E-state index contributed by atoms with van der Waals surface area (Å²) in [5.74, 6) is 0.478. The average Bonchev–Trinajstić information content (AvgIpc) is 2.04. The Bertz CT molecular complexity index is 121. The first-order valence-electron chi connectivity index (χ1n) is 3.81. The standard InChI is InChI=1S/C8H18O2Si/c1-6-8(2)7-11(5,9-3)10-4/h6,8H,1,7H2,2-5H3. The molecule has 0 saturated heterocycles. The van der Waals surface area contributed by atoms with E-state index in [4.69, 9.17) is 8.85 Å². The van der Waals surface area contributed by atoms with Crippen LogP contribution in [0.15, 0.2) is 12.7 Å². The van der Waals surface area contributed by atoms with Crippen molar-refractivity contribution in [2.45, 2.75) is 19.5 Å². The molecule has 0 saturated carbocycles. The Balaban J connectivity index is 3.95. The molecule has 0 aliphatic carbocycles. The maximum absolute atomic E-state index is 5.33. The topological polar surface area (TPSA) is 18.5 Å². The van der Waals surface area contributed by atoms with Crippen LogP contribution in [0.3, 0.4) is 0 Å². The van der Waals surface area contributed by atoms with E-state index >= 15 is 0 Å². The van der Waals surface area contributed by atoms with E-state index < -0.39 is 8.56 Å². The molecule has 11 heavy (non-hydrogen) atoms. The minimum absolute atomic E-state index is 0.478. The van der Waals surface area contributed by atoms with Gasteiger partial charge in [0.05, 0.1) is 0 Å². The van der Waals surface area contributed by atoms with E-state index in [9.17, 15) is 0 Å². The van der Waals surface area contributed by atoms with Gasteiger partial charge in [-0.3, -0.25) is 0 Å². The van der Waals surface area contributed by atoms with Gasteiger partial charge < -0.3 is 8.85 Å². The third-order valence-corrected chi connectivity index (χ3v) is 5.07. The molecule has 66 valence electrons. The zero-order valence-corrected chi connectivity index (χ0v) is 8.89. The van der Waals surface area contributed by atoms with Gasteiger partial charge in [0.2, 0.25) is 0 Å². The Labute approximate surface area is 70.5 Å². The van der Waals surface area contributed by atoms with E-state index in [0.717, 1.165) is 6.04 Å². The van der Waals surface area contributed by atoms with E-state index in [1.165, 1.54) is 0 Å². The van der Waals surface area contributed by atoms with E-state index in [-0.39, 0.29) is 0 Å². The highest BCUT2D eigenvalue weighted by Gasteiger charge is 2.29. The first-order chi connectivity index (χ1) is 5.08. The van der Waals surface area contributed by atoms with Crippen molar-refractivity contribution in [3.8, 4) is 0 Å². The molecule has 0 heterocycles. The molecule has 0 aromatic heterocycles. The molecule has 0 fully saturated rings. The van der Waals surface area contributed by atoms with Gasteiger partial charge in [-0.25, -0.2) is 0 Å². The molecule has 0 aliphatic rings. The second kappa shape index (κ2) is 4.69. The Hall–Kier alpha value is -0.123. The summed E-state index contributed by atoms with van der Waals surface area (Å²) >= 11 is 0. The van der Waals surface area contributed by atoms with Crippen molar-refractivity contribution in [1.29, 1.82) is 0 Å². The molecule has 0 aromatic rings. The predicted octanol–water partition coefficient (Wildman–Crippen LogP) is 2.17. The van der Waals surface area contributed by atoms with Crippen LogP contribution < -0.4 is 0 Å². The minimum atomic E-state index is -1.85. The van der Waals surface area contributed by atoms with Crippen LogP contribution in [0, 0.1) is 5.92 Å². The highest BCUT2D eigenvalue weighted by molar-refractivity contribution is 6.66. The average molecular weight is 174 g/mol. The van der Waals surface area contributed by atoms with Crippen molar-refractivity contribution in [2.24, 2.45) is 5.92 Å². The van der Waals surface area contributed by atoms with E-state index in [1.54, 1.807) is 14.2 Å². The molecule has 0 bridgehead atoms. The van der Waals surface area contributed by atoms with Crippen LogP contribution in [0.2, 0.25) is 12.6 Å². The second-order valence-electron chi connectivity index (χ2n) is 2.96. The van der Waals surface area contributed by atoms with E-state index in [0.29, 0.717) is 5.92 Å². The first kappa shape index (κ1) is 10.9. The molecule has 0 radical (unpaired) electrons. The van der Waals surface area contributed by atoms with Gasteiger partial charge in [0.25, 0.3) is 0 Å². The lowest BCUT2D eigenvalue weighted by molar-refractivity contribution is 0.246. The largest absolute Gasteiger partial charge is 0.398 e. The summed E-state index contributed by atoms with van der Waals surface area (Å²) in [7, 11) is 1.58. The van der Waals surface area contributed by atoms with Crippen molar-refractivity contribution in [1.82, 2.24) is 0 Å². The van der Waals surface area contributed by atoms with Crippen molar-refractivity contribution < 1.29 is 8.85 Å². The lowest BCUT2D eigenvalue weighted by atomic mass is 10.2. The maximum atomic E-state index is 5.33. The van der Waals surface area contributed by atoms with Crippen LogP contribution in [-0.2, 0) is 8.85 Å². The highest BCUT2D eigenvalue weighted by Crippen LogP contribution is 2.18. The van der Waals surface area contributed by atoms with Gasteiger partial charge in [0.15, 0.2) is 0 Å². The van der Waals surface area contributed by atoms with Crippen LogP contribution in [0.4, 0.5) is 0 Å². The Kier molecular flexibility index (Phi) is 4.64. The first-order valence-corrected chi connectivity index (χ1v) is 6.33. The second-order valence-corrected chi connectivity index (χ2v) is 6.45. The van der Waals surface area contributed by atoms with Crippen molar-refractivity contribution >= 4 is 8.56 Å². The molecule has 0 rings (SSSR count). The molecular formula is C8H18O2Si. The van der Waals surface area contributed by atoms with Gasteiger partial charge in [-0.15, -0.1) is 6.58 Å². The van der Waals surface area contributed by atoms with E-state index in [2.05, 4.69) is 20.0 Å². The molecule has 1 atom stereocenters. The van der Waals surface area contributed by atoms with Gasteiger partial charge in [0.1, 0.15) is 0 Å². The van der Waals surface area contributed by atoms with Gasteiger partial charge in [-0.1, -0.05) is 13.0 Å². The van der Waals surface area contributed by atoms with Crippen molar-refractivity contribution in [3.63, 3.8) is 0 Å². The van der Waals surface area contributed by atoms with Crippen LogP contribution >= 0.6 is 0 Å². The molecule has 0 amide bonds. The lowest BCUT2D eigenvalue weighted by Crippen LogP contribution is -2.37. The highest BCUT2D eigenvalue weighted by atomic mass is 28.4. The fraction of sp³-hybridized carbons (Fsp3) is 0.750. The third-order valence-electron chi connectivity index (χ3n) is 1.96. The van der Waals surface area contributed by atoms with Crippen LogP contribution in [-0.4, -0.2) is 22.8 Å². The summed E-state index contributed by atoms with van der Waals surface area (Å²) in [5, 5.41) is 0.